The Kier molecular flexibility index (Phi) is 8.35. The van der Waals surface area contributed by atoms with E-state index in [1.165, 1.54) is 0 Å². The van der Waals surface area contributed by atoms with E-state index >= 15 is 0 Å². The molecule has 4 rings (SSSR count). The Balaban J connectivity index is 1.58. The standard InChI is InChI=1S/C25H42N4O6/c1-4-7-26-22(31)19-18-5-6-25(35-18)20(19)24(33)29(17(15-30)14-16(2)3)21(25)23(32)27-8-9-28-10-12-34-13-11-28/h16-21,30H,4-15H2,1-3H3,(H,26,31)(H,27,32)/t17-,18-,19+,20+,21?,25?/m1/s1. The number of amides is 3. The fourth-order valence-electron chi connectivity index (χ4n) is 6.53. The third-order valence-electron chi connectivity index (χ3n) is 8.02. The summed E-state index contributed by atoms with van der Waals surface area (Å²) in [6.07, 6.45) is 2.22. The maximum atomic E-state index is 13.9. The molecule has 35 heavy (non-hydrogen) atoms. The number of carbonyl (C=O) groups excluding carboxylic acids is 3. The summed E-state index contributed by atoms with van der Waals surface area (Å²) in [5.74, 6) is -1.74. The van der Waals surface area contributed by atoms with Gasteiger partial charge in [0.1, 0.15) is 11.6 Å². The minimum Gasteiger partial charge on any atom is -0.394 e. The highest BCUT2D eigenvalue weighted by molar-refractivity contribution is 5.99. The van der Waals surface area contributed by atoms with Gasteiger partial charge in [-0.05, 0) is 31.6 Å². The number of hydrogen-bond donors (Lipinski definition) is 3. The number of nitrogens with zero attached hydrogens (tertiary/aromatic N) is 2. The van der Waals surface area contributed by atoms with E-state index in [1.54, 1.807) is 4.90 Å². The first kappa shape index (κ1) is 26.3. The molecule has 4 heterocycles. The van der Waals surface area contributed by atoms with Crippen molar-refractivity contribution < 1.29 is 29.0 Å². The second kappa shape index (κ2) is 11.1. The largest absolute Gasteiger partial charge is 0.394 e. The number of ether oxygens (including phenoxy) is 2. The van der Waals surface area contributed by atoms with Gasteiger partial charge in [-0.2, -0.15) is 0 Å². The highest BCUT2D eigenvalue weighted by atomic mass is 16.5. The fourth-order valence-corrected chi connectivity index (χ4v) is 6.53. The summed E-state index contributed by atoms with van der Waals surface area (Å²) in [5.41, 5.74) is -1.02. The third kappa shape index (κ3) is 4.95. The predicted octanol–water partition coefficient (Wildman–Crippen LogP) is -0.257. The van der Waals surface area contributed by atoms with Crippen LogP contribution in [0.1, 0.15) is 46.5 Å². The van der Waals surface area contributed by atoms with E-state index in [2.05, 4.69) is 15.5 Å². The number of likely N-dealkylation sites (tertiary alicyclic amines) is 1. The summed E-state index contributed by atoms with van der Waals surface area (Å²) >= 11 is 0. The van der Waals surface area contributed by atoms with Gasteiger partial charge < -0.3 is 30.1 Å². The molecule has 0 aromatic carbocycles. The zero-order valence-corrected chi connectivity index (χ0v) is 21.3. The van der Waals surface area contributed by atoms with Crippen LogP contribution in [0.4, 0.5) is 0 Å². The Morgan fingerprint density at radius 1 is 1.17 bits per heavy atom. The lowest BCUT2D eigenvalue weighted by Crippen LogP contribution is -2.58. The number of nitrogens with one attached hydrogen (secondary N) is 2. The molecule has 0 aromatic heterocycles. The van der Waals surface area contributed by atoms with Gasteiger partial charge in [-0.25, -0.2) is 0 Å². The Hall–Kier alpha value is -1.75. The normalized spacial score (nSPS) is 33.3. The van der Waals surface area contributed by atoms with Crippen molar-refractivity contribution in [3.63, 3.8) is 0 Å². The molecule has 1 spiro atoms. The molecule has 4 aliphatic rings. The molecule has 0 saturated carbocycles. The van der Waals surface area contributed by atoms with Gasteiger partial charge in [0, 0.05) is 32.7 Å². The van der Waals surface area contributed by atoms with Crippen LogP contribution in [0, 0.1) is 17.8 Å². The summed E-state index contributed by atoms with van der Waals surface area (Å²) in [6.45, 7) is 10.5. The minimum absolute atomic E-state index is 0.172. The summed E-state index contributed by atoms with van der Waals surface area (Å²) in [6, 6.07) is -1.35. The number of aliphatic hydroxyl groups excluding tert-OH is 1. The first-order valence-corrected chi connectivity index (χ1v) is 13.3. The smallest absolute Gasteiger partial charge is 0.245 e. The molecule has 3 N–H and O–H groups in total. The van der Waals surface area contributed by atoms with Crippen LogP contribution >= 0.6 is 0 Å². The van der Waals surface area contributed by atoms with E-state index in [0.717, 1.165) is 19.5 Å². The van der Waals surface area contributed by atoms with Gasteiger partial charge in [0.2, 0.25) is 17.7 Å². The maximum Gasteiger partial charge on any atom is 0.245 e. The summed E-state index contributed by atoms with van der Waals surface area (Å²) in [7, 11) is 0. The van der Waals surface area contributed by atoms with Crippen molar-refractivity contribution in [2.75, 3.05) is 52.5 Å². The number of carbonyl (C=O) groups is 3. The SMILES string of the molecule is CCCNC(=O)[C@@H]1[C@H]2C(=O)N([C@@H](CO)CC(C)C)C(C(=O)NCCN3CCOCC3)C23CC[C@H]1O3. The lowest BCUT2D eigenvalue weighted by molar-refractivity contribution is -0.146. The van der Waals surface area contributed by atoms with Crippen LogP contribution in [0.2, 0.25) is 0 Å². The van der Waals surface area contributed by atoms with Gasteiger partial charge in [-0.1, -0.05) is 20.8 Å². The molecular weight excluding hydrogens is 452 g/mol. The van der Waals surface area contributed by atoms with E-state index in [4.69, 9.17) is 9.47 Å². The van der Waals surface area contributed by atoms with E-state index < -0.39 is 29.5 Å². The van der Waals surface area contributed by atoms with Crippen molar-refractivity contribution in [2.45, 2.75) is 70.2 Å². The predicted molar refractivity (Wildman–Crippen MR) is 128 cm³/mol. The summed E-state index contributed by atoms with van der Waals surface area (Å²) < 4.78 is 11.8. The molecule has 2 bridgehead atoms. The number of aliphatic hydroxyl groups is 1. The topological polar surface area (TPSA) is 120 Å². The van der Waals surface area contributed by atoms with Gasteiger partial charge >= 0.3 is 0 Å². The van der Waals surface area contributed by atoms with Crippen LogP contribution in [0.15, 0.2) is 0 Å². The Morgan fingerprint density at radius 3 is 2.54 bits per heavy atom. The molecule has 10 heteroatoms. The second-order valence-electron chi connectivity index (χ2n) is 10.8. The highest BCUT2D eigenvalue weighted by Gasteiger charge is 2.75. The maximum absolute atomic E-state index is 13.9. The molecule has 3 amide bonds. The van der Waals surface area contributed by atoms with Crippen molar-refractivity contribution in [1.82, 2.24) is 20.4 Å². The van der Waals surface area contributed by atoms with Crippen LogP contribution < -0.4 is 10.6 Å². The quantitative estimate of drug-likeness (QED) is 0.362. The average Bonchev–Trinajstić information content (AvgIpc) is 3.49. The lowest BCUT2D eigenvalue weighted by Gasteiger charge is -2.37. The van der Waals surface area contributed by atoms with Gasteiger partial charge in [0.15, 0.2) is 0 Å². The molecule has 198 valence electrons. The first-order chi connectivity index (χ1) is 16.8. The molecule has 0 radical (unpaired) electrons. The molecule has 2 unspecified atom stereocenters. The Morgan fingerprint density at radius 2 is 1.89 bits per heavy atom. The van der Waals surface area contributed by atoms with E-state index in [9.17, 15) is 19.5 Å². The lowest BCUT2D eigenvalue weighted by atomic mass is 9.70. The molecule has 4 saturated heterocycles. The zero-order chi connectivity index (χ0) is 25.2. The van der Waals surface area contributed by atoms with Gasteiger partial charge in [0.25, 0.3) is 0 Å². The van der Waals surface area contributed by atoms with Crippen LogP contribution in [0.25, 0.3) is 0 Å². The molecule has 0 aliphatic carbocycles. The summed E-state index contributed by atoms with van der Waals surface area (Å²) in [4.78, 5) is 44.5. The highest BCUT2D eigenvalue weighted by Crippen LogP contribution is 2.58. The zero-order valence-electron chi connectivity index (χ0n) is 21.3. The van der Waals surface area contributed by atoms with Gasteiger partial charge in [-0.15, -0.1) is 0 Å². The van der Waals surface area contributed by atoms with Gasteiger partial charge in [0.05, 0.1) is 43.8 Å². The third-order valence-corrected chi connectivity index (χ3v) is 8.02. The molecule has 10 nitrogen and oxygen atoms in total. The number of rotatable bonds is 11. The van der Waals surface area contributed by atoms with Crippen molar-refractivity contribution in [1.29, 1.82) is 0 Å². The monoisotopic (exact) mass is 494 g/mol. The van der Waals surface area contributed by atoms with Crippen molar-refractivity contribution >= 4 is 17.7 Å². The Labute approximate surface area is 208 Å². The second-order valence-corrected chi connectivity index (χ2v) is 10.8. The van der Waals surface area contributed by atoms with Crippen LogP contribution in [0.3, 0.4) is 0 Å². The molecule has 6 atom stereocenters. The Bertz CT molecular complexity index is 788. The molecule has 0 aromatic rings. The summed E-state index contributed by atoms with van der Waals surface area (Å²) in [5, 5.41) is 16.2. The number of hydrogen-bond acceptors (Lipinski definition) is 7. The van der Waals surface area contributed by atoms with Gasteiger partial charge in [-0.3, -0.25) is 19.3 Å². The van der Waals surface area contributed by atoms with E-state index in [-0.39, 0.29) is 36.4 Å². The minimum atomic E-state index is -1.02. The van der Waals surface area contributed by atoms with Crippen molar-refractivity contribution in [2.24, 2.45) is 17.8 Å². The first-order valence-electron chi connectivity index (χ1n) is 13.3. The van der Waals surface area contributed by atoms with E-state index in [0.29, 0.717) is 52.1 Å². The fraction of sp³-hybridized carbons (Fsp3) is 0.880. The average molecular weight is 495 g/mol. The van der Waals surface area contributed by atoms with E-state index in [1.807, 2.05) is 20.8 Å². The van der Waals surface area contributed by atoms with Crippen LogP contribution in [-0.4, -0.2) is 109 Å². The van der Waals surface area contributed by atoms with Crippen LogP contribution in [-0.2, 0) is 23.9 Å². The van der Waals surface area contributed by atoms with Crippen molar-refractivity contribution in [3.05, 3.63) is 0 Å². The molecule has 4 fully saturated rings. The molecule has 4 aliphatic heterocycles. The number of morpholine rings is 1. The number of fused-ring (bicyclic) bond motifs is 1. The molecular formula is C25H42N4O6. The van der Waals surface area contributed by atoms with Crippen molar-refractivity contribution in [3.8, 4) is 0 Å². The van der Waals surface area contributed by atoms with Crippen LogP contribution in [0.5, 0.6) is 0 Å².